The third-order valence-electron chi connectivity index (χ3n) is 7.40. The third kappa shape index (κ3) is 2.66. The molecule has 2 amide bonds. The van der Waals surface area contributed by atoms with Gasteiger partial charge in [-0.25, -0.2) is 4.98 Å². The largest absolute Gasteiger partial charge is 0.370 e. The normalized spacial score (nSPS) is 30.8. The predicted octanol–water partition coefficient (Wildman–Crippen LogP) is 1.56. The first-order chi connectivity index (χ1) is 14.7. The summed E-state index contributed by atoms with van der Waals surface area (Å²) < 4.78 is 0. The van der Waals surface area contributed by atoms with E-state index in [1.807, 2.05) is 40.4 Å². The number of aromatic amines is 1. The quantitative estimate of drug-likeness (QED) is 0.765. The number of hydrogen-bond donors (Lipinski definition) is 1. The number of fused-ring (bicyclic) bond motifs is 5. The van der Waals surface area contributed by atoms with Gasteiger partial charge in [-0.05, 0) is 31.2 Å². The van der Waals surface area contributed by atoms with Gasteiger partial charge in [0.05, 0.1) is 17.3 Å². The van der Waals surface area contributed by atoms with Gasteiger partial charge in [0.2, 0.25) is 11.8 Å². The Labute approximate surface area is 174 Å². The van der Waals surface area contributed by atoms with Crippen molar-refractivity contribution < 1.29 is 9.59 Å². The summed E-state index contributed by atoms with van der Waals surface area (Å²) in [5.41, 5.74) is 1.90. The number of pyridine rings is 1. The topological polar surface area (TPSA) is 85.4 Å². The van der Waals surface area contributed by atoms with E-state index < -0.39 is 0 Å². The van der Waals surface area contributed by atoms with E-state index in [4.69, 9.17) is 0 Å². The van der Waals surface area contributed by atoms with E-state index in [0.29, 0.717) is 25.4 Å². The Morgan fingerprint density at radius 3 is 2.87 bits per heavy atom. The minimum atomic E-state index is -0.344. The van der Waals surface area contributed by atoms with Crippen molar-refractivity contribution in [3.05, 3.63) is 30.6 Å². The van der Waals surface area contributed by atoms with Crippen LogP contribution in [-0.2, 0) is 9.59 Å². The van der Waals surface area contributed by atoms with Crippen molar-refractivity contribution in [2.24, 2.45) is 11.8 Å². The minimum absolute atomic E-state index is 0.119. The van der Waals surface area contributed by atoms with Crippen molar-refractivity contribution in [3.63, 3.8) is 0 Å². The molecule has 30 heavy (non-hydrogen) atoms. The monoisotopic (exact) mass is 406 g/mol. The molecular weight excluding hydrogens is 380 g/mol. The number of hydrogen-bond acceptors (Lipinski definition) is 5. The zero-order valence-electron chi connectivity index (χ0n) is 16.9. The summed E-state index contributed by atoms with van der Waals surface area (Å²) in [6.45, 7) is 2.99. The number of rotatable bonds is 2. The molecule has 0 spiro atoms. The van der Waals surface area contributed by atoms with Crippen LogP contribution in [0.15, 0.2) is 30.6 Å². The van der Waals surface area contributed by atoms with Crippen molar-refractivity contribution in [3.8, 4) is 0 Å². The first kappa shape index (κ1) is 17.9. The zero-order chi connectivity index (χ0) is 20.2. The molecule has 4 atom stereocenters. The smallest absolute Gasteiger partial charge is 0.246 e. The van der Waals surface area contributed by atoms with Crippen LogP contribution in [0, 0.1) is 11.8 Å². The molecule has 8 nitrogen and oxygen atoms in total. The average Bonchev–Trinajstić information content (AvgIpc) is 3.46. The standard InChI is InChI=1S/C22H26N6O2/c29-19-5-3-4-17-14-10-15(20(28(17)19)22(30)26-8-1-2-9-26)13-27(12-14)18-6-7-23-21-16(18)11-24-25-21/h1-2,6-7,11,14-15,17,20H,3-5,8-10,12-13H2,(H,23,24,25)/t14-,15+,17+,20-/m1/s1. The fourth-order valence-corrected chi connectivity index (χ4v) is 6.13. The average molecular weight is 406 g/mol. The van der Waals surface area contributed by atoms with Gasteiger partial charge in [0.15, 0.2) is 5.65 Å². The Kier molecular flexibility index (Phi) is 4.07. The Morgan fingerprint density at radius 1 is 1.17 bits per heavy atom. The molecule has 4 aliphatic heterocycles. The van der Waals surface area contributed by atoms with Crippen LogP contribution < -0.4 is 4.90 Å². The Balaban J connectivity index is 1.37. The van der Waals surface area contributed by atoms with Gasteiger partial charge in [-0.15, -0.1) is 0 Å². The van der Waals surface area contributed by atoms with Gasteiger partial charge in [0.25, 0.3) is 0 Å². The fourth-order valence-electron chi connectivity index (χ4n) is 6.13. The lowest BCUT2D eigenvalue weighted by atomic mass is 9.71. The van der Waals surface area contributed by atoms with Gasteiger partial charge in [0, 0.05) is 50.8 Å². The van der Waals surface area contributed by atoms with Crippen LogP contribution in [0.4, 0.5) is 5.69 Å². The van der Waals surface area contributed by atoms with Gasteiger partial charge in [-0.2, -0.15) is 5.10 Å². The number of nitrogens with one attached hydrogen (secondary N) is 1. The van der Waals surface area contributed by atoms with E-state index in [1.165, 1.54) is 0 Å². The second kappa shape index (κ2) is 6.82. The van der Waals surface area contributed by atoms with Crippen molar-refractivity contribution in [1.82, 2.24) is 25.0 Å². The van der Waals surface area contributed by atoms with Crippen LogP contribution in [0.1, 0.15) is 25.7 Å². The molecule has 0 aliphatic carbocycles. The Morgan fingerprint density at radius 2 is 2.00 bits per heavy atom. The van der Waals surface area contributed by atoms with Crippen LogP contribution in [0.3, 0.4) is 0 Å². The molecule has 2 bridgehead atoms. The molecule has 1 N–H and O–H groups in total. The molecule has 4 aliphatic rings. The lowest BCUT2D eigenvalue weighted by Crippen LogP contribution is -2.68. The second-order valence-electron chi connectivity index (χ2n) is 9.04. The molecule has 0 unspecified atom stereocenters. The highest BCUT2D eigenvalue weighted by atomic mass is 16.2. The number of H-pyrrole nitrogens is 1. The fraction of sp³-hybridized carbons (Fsp3) is 0.545. The highest BCUT2D eigenvalue weighted by Gasteiger charge is 2.52. The number of nitrogens with zero attached hydrogens (tertiary/aromatic N) is 5. The summed E-state index contributed by atoms with van der Waals surface area (Å²) in [6.07, 6.45) is 11.2. The lowest BCUT2D eigenvalue weighted by molar-refractivity contribution is -0.160. The maximum atomic E-state index is 13.6. The second-order valence-corrected chi connectivity index (χ2v) is 9.04. The van der Waals surface area contributed by atoms with E-state index in [0.717, 1.165) is 49.1 Å². The molecule has 2 aromatic heterocycles. The molecule has 3 fully saturated rings. The highest BCUT2D eigenvalue weighted by molar-refractivity contribution is 5.91. The summed E-state index contributed by atoms with van der Waals surface area (Å²) in [5.74, 6) is 0.823. The van der Waals surface area contributed by atoms with E-state index in [-0.39, 0.29) is 29.8 Å². The molecule has 2 aromatic rings. The highest BCUT2D eigenvalue weighted by Crippen LogP contribution is 2.43. The van der Waals surface area contributed by atoms with Crippen LogP contribution in [-0.4, -0.2) is 75.1 Å². The van der Waals surface area contributed by atoms with E-state index >= 15 is 0 Å². The Bertz CT molecular complexity index is 1020. The summed E-state index contributed by atoms with van der Waals surface area (Å²) in [6, 6.07) is 1.86. The molecule has 0 saturated carbocycles. The summed E-state index contributed by atoms with van der Waals surface area (Å²) in [5, 5.41) is 8.14. The summed E-state index contributed by atoms with van der Waals surface area (Å²) in [4.78, 5) is 37.2. The van der Waals surface area contributed by atoms with Gasteiger partial charge < -0.3 is 14.7 Å². The summed E-state index contributed by atoms with van der Waals surface area (Å²) >= 11 is 0. The van der Waals surface area contributed by atoms with Crippen molar-refractivity contribution in [2.75, 3.05) is 31.1 Å². The minimum Gasteiger partial charge on any atom is -0.370 e. The molecule has 156 valence electrons. The third-order valence-corrected chi connectivity index (χ3v) is 7.40. The zero-order valence-corrected chi connectivity index (χ0v) is 16.9. The molecule has 3 saturated heterocycles. The predicted molar refractivity (Wildman–Crippen MR) is 112 cm³/mol. The van der Waals surface area contributed by atoms with Crippen molar-refractivity contribution in [2.45, 2.75) is 37.8 Å². The number of amides is 2. The molecule has 8 heteroatoms. The SMILES string of the molecule is O=C([C@H]1[C@H]2C[C@H](CN(c3ccnc4[nH]ncc34)C2)[C@@H]2CCCC(=O)N21)N1CC=CC1. The number of carbonyl (C=O) groups is 2. The van der Waals surface area contributed by atoms with E-state index in [1.54, 1.807) is 0 Å². The molecule has 6 heterocycles. The van der Waals surface area contributed by atoms with Gasteiger partial charge in [0.1, 0.15) is 6.04 Å². The van der Waals surface area contributed by atoms with Gasteiger partial charge in [-0.3, -0.25) is 14.7 Å². The van der Waals surface area contributed by atoms with E-state index in [2.05, 4.69) is 20.1 Å². The van der Waals surface area contributed by atoms with Crippen LogP contribution in [0.2, 0.25) is 0 Å². The van der Waals surface area contributed by atoms with E-state index in [9.17, 15) is 9.59 Å². The van der Waals surface area contributed by atoms with Crippen LogP contribution in [0.25, 0.3) is 11.0 Å². The van der Waals surface area contributed by atoms with Crippen LogP contribution in [0.5, 0.6) is 0 Å². The molecule has 6 rings (SSSR count). The van der Waals surface area contributed by atoms with Crippen molar-refractivity contribution in [1.29, 1.82) is 0 Å². The number of aromatic nitrogens is 3. The Hall–Kier alpha value is -2.90. The summed E-state index contributed by atoms with van der Waals surface area (Å²) in [7, 11) is 0. The maximum Gasteiger partial charge on any atom is 0.246 e. The molecule has 0 aromatic carbocycles. The number of piperidine rings is 3. The first-order valence-electron chi connectivity index (χ1n) is 11.0. The molecular formula is C22H26N6O2. The number of carbonyl (C=O) groups excluding carboxylic acids is 2. The van der Waals surface area contributed by atoms with Crippen LogP contribution >= 0.6 is 0 Å². The van der Waals surface area contributed by atoms with Crippen molar-refractivity contribution >= 4 is 28.5 Å². The number of anilines is 1. The molecule has 0 radical (unpaired) electrons. The lowest BCUT2D eigenvalue weighted by Gasteiger charge is -2.56. The van der Waals surface area contributed by atoms with Gasteiger partial charge >= 0.3 is 0 Å². The first-order valence-corrected chi connectivity index (χ1v) is 11.0. The maximum absolute atomic E-state index is 13.6. The van der Waals surface area contributed by atoms with Gasteiger partial charge in [-0.1, -0.05) is 12.2 Å².